The Hall–Kier alpha value is -3.11. The number of carbonyl (C=O) groups is 2. The third kappa shape index (κ3) is 4.17. The van der Waals surface area contributed by atoms with Gasteiger partial charge in [-0.1, -0.05) is 72.3 Å². The van der Waals surface area contributed by atoms with Crippen LogP contribution in [0.4, 0.5) is 5.69 Å². The minimum Gasteiger partial charge on any atom is -0.341 e. The number of carbonyl (C=O) groups excluding carboxylic acids is 2. The first-order chi connectivity index (χ1) is 14.1. The van der Waals surface area contributed by atoms with Gasteiger partial charge in [0.2, 0.25) is 5.91 Å². The van der Waals surface area contributed by atoms with E-state index in [4.69, 9.17) is 11.6 Å². The van der Waals surface area contributed by atoms with E-state index in [0.717, 1.165) is 17.5 Å². The molecule has 2 amide bonds. The second kappa shape index (κ2) is 8.50. The third-order valence-corrected chi connectivity index (χ3v) is 5.43. The smallest absolute Gasteiger partial charge is 0.252 e. The van der Waals surface area contributed by atoms with Crippen LogP contribution in [0.25, 0.3) is 0 Å². The van der Waals surface area contributed by atoms with Crippen LogP contribution in [0.2, 0.25) is 5.02 Å². The fourth-order valence-corrected chi connectivity index (χ4v) is 3.85. The predicted molar refractivity (Wildman–Crippen MR) is 115 cm³/mol. The summed E-state index contributed by atoms with van der Waals surface area (Å²) in [5.74, 6) is -0.178. The molecule has 1 aliphatic rings. The summed E-state index contributed by atoms with van der Waals surface area (Å²) >= 11 is 6.32. The standard InChI is InChI=1S/C24H21ClN2O2/c25-20-14-13-19(16-21(20)27-15-7-12-22(27)28)24(29)26-23(17-8-3-1-4-9-17)18-10-5-2-6-11-18/h1-6,8-11,13-14,16,23H,7,12,15H2,(H,26,29). The topological polar surface area (TPSA) is 49.4 Å². The van der Waals surface area contributed by atoms with Gasteiger partial charge in [-0.2, -0.15) is 0 Å². The molecule has 0 unspecified atom stereocenters. The van der Waals surface area contributed by atoms with Gasteiger partial charge < -0.3 is 10.2 Å². The van der Waals surface area contributed by atoms with Gasteiger partial charge in [-0.15, -0.1) is 0 Å². The molecule has 0 atom stereocenters. The molecule has 4 nitrogen and oxygen atoms in total. The van der Waals surface area contributed by atoms with E-state index in [0.29, 0.717) is 29.2 Å². The highest BCUT2D eigenvalue weighted by Crippen LogP contribution is 2.31. The molecular weight excluding hydrogens is 384 g/mol. The summed E-state index contributed by atoms with van der Waals surface area (Å²) in [6.07, 6.45) is 1.31. The van der Waals surface area contributed by atoms with E-state index in [-0.39, 0.29) is 17.9 Å². The molecule has 5 heteroatoms. The van der Waals surface area contributed by atoms with Gasteiger partial charge in [0, 0.05) is 18.5 Å². The number of hydrogen-bond donors (Lipinski definition) is 1. The molecule has 0 spiro atoms. The van der Waals surface area contributed by atoms with Gasteiger partial charge in [0.25, 0.3) is 5.91 Å². The van der Waals surface area contributed by atoms with Crippen molar-refractivity contribution in [2.24, 2.45) is 0 Å². The molecule has 1 saturated heterocycles. The zero-order valence-corrected chi connectivity index (χ0v) is 16.6. The van der Waals surface area contributed by atoms with Crippen LogP contribution in [0.1, 0.15) is 40.4 Å². The molecule has 1 heterocycles. The number of anilines is 1. The van der Waals surface area contributed by atoms with E-state index in [1.807, 2.05) is 60.7 Å². The van der Waals surface area contributed by atoms with E-state index in [9.17, 15) is 9.59 Å². The molecule has 29 heavy (non-hydrogen) atoms. The molecule has 0 bridgehead atoms. The van der Waals surface area contributed by atoms with Crippen molar-refractivity contribution in [1.82, 2.24) is 5.32 Å². The summed E-state index contributed by atoms with van der Waals surface area (Å²) in [5, 5.41) is 3.60. The largest absolute Gasteiger partial charge is 0.341 e. The Labute approximate surface area is 175 Å². The molecule has 3 aromatic rings. The monoisotopic (exact) mass is 404 g/mol. The van der Waals surface area contributed by atoms with Crippen LogP contribution in [0.3, 0.4) is 0 Å². The lowest BCUT2D eigenvalue weighted by molar-refractivity contribution is -0.117. The van der Waals surface area contributed by atoms with E-state index < -0.39 is 0 Å². The van der Waals surface area contributed by atoms with Crippen molar-refractivity contribution < 1.29 is 9.59 Å². The van der Waals surface area contributed by atoms with Crippen molar-refractivity contribution in [3.05, 3.63) is 101 Å². The summed E-state index contributed by atoms with van der Waals surface area (Å²) < 4.78 is 0. The van der Waals surface area contributed by atoms with Gasteiger partial charge >= 0.3 is 0 Å². The quantitative estimate of drug-likeness (QED) is 0.651. The molecule has 3 aromatic carbocycles. The maximum absolute atomic E-state index is 13.1. The summed E-state index contributed by atoms with van der Waals surface area (Å²) in [6.45, 7) is 0.625. The lowest BCUT2D eigenvalue weighted by Crippen LogP contribution is -2.30. The lowest BCUT2D eigenvalue weighted by Gasteiger charge is -2.21. The molecule has 0 aliphatic carbocycles. The first-order valence-corrected chi connectivity index (χ1v) is 10.0. The Bertz CT molecular complexity index is 982. The molecule has 1 N–H and O–H groups in total. The first-order valence-electron chi connectivity index (χ1n) is 9.64. The number of hydrogen-bond acceptors (Lipinski definition) is 2. The number of nitrogens with one attached hydrogen (secondary N) is 1. The summed E-state index contributed by atoms with van der Waals surface area (Å²) in [5.41, 5.74) is 3.06. The molecular formula is C24H21ClN2O2. The van der Waals surface area contributed by atoms with Crippen molar-refractivity contribution in [2.75, 3.05) is 11.4 Å². The van der Waals surface area contributed by atoms with Gasteiger partial charge in [0.1, 0.15) is 0 Å². The minimum atomic E-state index is -0.280. The van der Waals surface area contributed by atoms with E-state index >= 15 is 0 Å². The Morgan fingerprint density at radius 1 is 0.931 bits per heavy atom. The predicted octanol–water partition coefficient (Wildman–Crippen LogP) is 4.99. The SMILES string of the molecule is O=C(NC(c1ccccc1)c1ccccc1)c1ccc(Cl)c(N2CCCC2=O)c1. The second-order valence-electron chi connectivity index (χ2n) is 7.04. The number of amides is 2. The van der Waals surface area contributed by atoms with E-state index in [2.05, 4.69) is 5.32 Å². The average Bonchev–Trinajstić information content (AvgIpc) is 3.19. The van der Waals surface area contributed by atoms with Gasteiger partial charge in [0.05, 0.1) is 16.8 Å². The van der Waals surface area contributed by atoms with Crippen molar-refractivity contribution in [3.63, 3.8) is 0 Å². The third-order valence-electron chi connectivity index (χ3n) is 5.11. The first kappa shape index (κ1) is 19.2. The fourth-order valence-electron chi connectivity index (χ4n) is 3.63. The maximum atomic E-state index is 13.1. The van der Waals surface area contributed by atoms with Gasteiger partial charge in [-0.25, -0.2) is 0 Å². The Morgan fingerprint density at radius 2 is 1.55 bits per heavy atom. The van der Waals surface area contributed by atoms with Crippen molar-refractivity contribution >= 4 is 29.1 Å². The highest BCUT2D eigenvalue weighted by molar-refractivity contribution is 6.34. The second-order valence-corrected chi connectivity index (χ2v) is 7.45. The zero-order chi connectivity index (χ0) is 20.2. The fraction of sp³-hybridized carbons (Fsp3) is 0.167. The van der Waals surface area contributed by atoms with E-state index in [1.165, 1.54) is 0 Å². The minimum absolute atomic E-state index is 0.0379. The average molecular weight is 405 g/mol. The molecule has 1 aliphatic heterocycles. The molecule has 1 fully saturated rings. The number of benzene rings is 3. The van der Waals surface area contributed by atoms with Crippen LogP contribution in [0, 0.1) is 0 Å². The van der Waals surface area contributed by atoms with Crippen LogP contribution < -0.4 is 10.2 Å². The normalized spacial score (nSPS) is 13.7. The van der Waals surface area contributed by atoms with E-state index in [1.54, 1.807) is 23.1 Å². The van der Waals surface area contributed by atoms with Gasteiger partial charge in [0.15, 0.2) is 0 Å². The summed E-state index contributed by atoms with van der Waals surface area (Å²) in [7, 11) is 0. The maximum Gasteiger partial charge on any atom is 0.252 e. The number of rotatable bonds is 5. The number of halogens is 1. The number of nitrogens with zero attached hydrogens (tertiary/aromatic N) is 1. The zero-order valence-electron chi connectivity index (χ0n) is 15.8. The highest BCUT2D eigenvalue weighted by atomic mass is 35.5. The van der Waals surface area contributed by atoms with Gasteiger partial charge in [-0.3, -0.25) is 9.59 Å². The molecule has 0 radical (unpaired) electrons. The molecule has 146 valence electrons. The van der Waals surface area contributed by atoms with Crippen molar-refractivity contribution in [2.45, 2.75) is 18.9 Å². The molecule has 0 saturated carbocycles. The summed E-state index contributed by atoms with van der Waals surface area (Å²) in [6, 6.07) is 24.5. The molecule has 0 aromatic heterocycles. The van der Waals surface area contributed by atoms with Crippen molar-refractivity contribution in [1.29, 1.82) is 0 Å². The molecule has 4 rings (SSSR count). The van der Waals surface area contributed by atoms with Crippen molar-refractivity contribution in [3.8, 4) is 0 Å². The Morgan fingerprint density at radius 3 is 2.10 bits per heavy atom. The Balaban J connectivity index is 1.64. The van der Waals surface area contributed by atoms with Crippen LogP contribution in [0.15, 0.2) is 78.9 Å². The lowest BCUT2D eigenvalue weighted by atomic mass is 9.98. The van der Waals surface area contributed by atoms with Crippen LogP contribution >= 0.6 is 11.6 Å². The van der Waals surface area contributed by atoms with Crippen LogP contribution in [0.5, 0.6) is 0 Å². The van der Waals surface area contributed by atoms with Crippen LogP contribution in [-0.2, 0) is 4.79 Å². The highest BCUT2D eigenvalue weighted by Gasteiger charge is 2.25. The Kier molecular flexibility index (Phi) is 5.63. The van der Waals surface area contributed by atoms with Crippen LogP contribution in [-0.4, -0.2) is 18.4 Å². The summed E-state index contributed by atoms with van der Waals surface area (Å²) in [4.78, 5) is 26.9. The van der Waals surface area contributed by atoms with Gasteiger partial charge in [-0.05, 0) is 35.7 Å².